The number of aliphatic imine (C=N–C) groups is 1. The number of fused-ring (bicyclic) bond motifs is 2. The summed E-state index contributed by atoms with van der Waals surface area (Å²) in [5.74, 6) is 2.65. The minimum absolute atomic E-state index is 0.00879. The van der Waals surface area contributed by atoms with Crippen molar-refractivity contribution in [2.24, 2.45) is 4.99 Å². The molecular weight excluding hydrogens is 433 g/mol. The molecule has 2 aliphatic rings. The zero-order valence-corrected chi connectivity index (χ0v) is 19.2. The second-order valence-electron chi connectivity index (χ2n) is 8.55. The molecule has 3 aromatic carbocycles. The van der Waals surface area contributed by atoms with Crippen LogP contribution in [0.4, 0.5) is 10.1 Å². The summed E-state index contributed by atoms with van der Waals surface area (Å²) in [4.78, 5) is 22.1. The fourth-order valence-corrected chi connectivity index (χ4v) is 4.47. The summed E-state index contributed by atoms with van der Waals surface area (Å²) in [6.07, 6.45) is 0.259. The minimum Gasteiger partial charge on any atom is -0.497 e. The lowest BCUT2D eigenvalue weighted by Crippen LogP contribution is -2.55. The first-order chi connectivity index (χ1) is 16.5. The standard InChI is InChI=1S/C27H26FN3O3/c1-18-17-30(13-14-31(18)26(32)15-19-7-9-20(28)10-8-19)27-22-12-11-21(33-2)16-25(22)34-24-6-4-3-5-23(24)29-27/h3-12,16,18H,13-15,17H2,1-2H3. The van der Waals surface area contributed by atoms with E-state index in [1.807, 2.05) is 54.3 Å². The highest BCUT2D eigenvalue weighted by molar-refractivity contribution is 6.04. The Labute approximate surface area is 198 Å². The lowest BCUT2D eigenvalue weighted by molar-refractivity contribution is -0.134. The maximum atomic E-state index is 13.2. The molecule has 1 unspecified atom stereocenters. The first-order valence-electron chi connectivity index (χ1n) is 11.3. The van der Waals surface area contributed by atoms with Gasteiger partial charge in [0.1, 0.15) is 28.8 Å². The Morgan fingerprint density at radius 1 is 1.09 bits per heavy atom. The summed E-state index contributed by atoms with van der Waals surface area (Å²) in [7, 11) is 1.63. The number of amidine groups is 1. The fourth-order valence-electron chi connectivity index (χ4n) is 4.47. The number of hydrogen-bond acceptors (Lipinski definition) is 5. The van der Waals surface area contributed by atoms with Crippen molar-refractivity contribution >= 4 is 17.4 Å². The van der Waals surface area contributed by atoms with E-state index in [0.717, 1.165) is 22.6 Å². The van der Waals surface area contributed by atoms with Crippen molar-refractivity contribution in [2.75, 3.05) is 26.7 Å². The SMILES string of the molecule is COc1ccc2c(c1)Oc1ccccc1N=C2N1CCN(C(=O)Cc2ccc(F)cc2)C(C)C1. The van der Waals surface area contributed by atoms with Crippen LogP contribution in [0.25, 0.3) is 0 Å². The number of rotatable bonds is 3. The van der Waals surface area contributed by atoms with Gasteiger partial charge >= 0.3 is 0 Å². The third kappa shape index (κ3) is 4.33. The summed E-state index contributed by atoms with van der Waals surface area (Å²) >= 11 is 0. The third-order valence-electron chi connectivity index (χ3n) is 6.26. The molecule has 0 bridgehead atoms. The smallest absolute Gasteiger partial charge is 0.227 e. The van der Waals surface area contributed by atoms with Crippen LogP contribution in [0.5, 0.6) is 17.2 Å². The highest BCUT2D eigenvalue weighted by Crippen LogP contribution is 2.39. The number of methoxy groups -OCH3 is 1. The average Bonchev–Trinajstić information content (AvgIpc) is 3.01. The van der Waals surface area contributed by atoms with E-state index in [1.54, 1.807) is 19.2 Å². The predicted octanol–water partition coefficient (Wildman–Crippen LogP) is 4.79. The minimum atomic E-state index is -0.300. The summed E-state index contributed by atoms with van der Waals surface area (Å²) in [5.41, 5.74) is 2.45. The number of hydrogen-bond donors (Lipinski definition) is 0. The molecule has 34 heavy (non-hydrogen) atoms. The van der Waals surface area contributed by atoms with E-state index < -0.39 is 0 Å². The molecule has 2 heterocycles. The van der Waals surface area contributed by atoms with E-state index >= 15 is 0 Å². The van der Waals surface area contributed by atoms with Gasteiger partial charge in [-0.05, 0) is 48.9 Å². The van der Waals surface area contributed by atoms with Crippen LogP contribution in [0.2, 0.25) is 0 Å². The Bertz CT molecular complexity index is 1240. The van der Waals surface area contributed by atoms with E-state index in [9.17, 15) is 9.18 Å². The molecule has 1 atom stereocenters. The molecule has 0 N–H and O–H groups in total. The number of carbonyl (C=O) groups excluding carboxylic acids is 1. The Kier molecular flexibility index (Phi) is 5.92. The summed E-state index contributed by atoms with van der Waals surface area (Å²) in [6, 6.07) is 19.5. The Morgan fingerprint density at radius 2 is 1.88 bits per heavy atom. The maximum absolute atomic E-state index is 13.2. The number of benzene rings is 3. The van der Waals surface area contributed by atoms with Crippen molar-refractivity contribution in [1.29, 1.82) is 0 Å². The van der Waals surface area contributed by atoms with Crippen molar-refractivity contribution in [3.63, 3.8) is 0 Å². The van der Waals surface area contributed by atoms with Gasteiger partial charge in [-0.2, -0.15) is 0 Å². The van der Waals surface area contributed by atoms with E-state index in [0.29, 0.717) is 36.9 Å². The van der Waals surface area contributed by atoms with Gasteiger partial charge in [-0.3, -0.25) is 4.79 Å². The first kappa shape index (κ1) is 21.9. The summed E-state index contributed by atoms with van der Waals surface area (Å²) < 4.78 is 24.8. The summed E-state index contributed by atoms with van der Waals surface area (Å²) in [5, 5.41) is 0. The third-order valence-corrected chi connectivity index (χ3v) is 6.26. The maximum Gasteiger partial charge on any atom is 0.227 e. The van der Waals surface area contributed by atoms with Gasteiger partial charge in [0.2, 0.25) is 5.91 Å². The van der Waals surface area contributed by atoms with Crippen LogP contribution >= 0.6 is 0 Å². The zero-order valence-electron chi connectivity index (χ0n) is 19.2. The molecule has 1 amide bonds. The predicted molar refractivity (Wildman–Crippen MR) is 129 cm³/mol. The Morgan fingerprint density at radius 3 is 2.65 bits per heavy atom. The van der Waals surface area contributed by atoms with E-state index in [-0.39, 0.29) is 24.2 Å². The number of para-hydroxylation sites is 2. The van der Waals surface area contributed by atoms with Gasteiger partial charge in [-0.1, -0.05) is 24.3 Å². The molecule has 6 nitrogen and oxygen atoms in total. The highest BCUT2D eigenvalue weighted by atomic mass is 19.1. The lowest BCUT2D eigenvalue weighted by Gasteiger charge is -2.41. The molecule has 174 valence electrons. The van der Waals surface area contributed by atoms with E-state index in [1.165, 1.54) is 12.1 Å². The Hall–Kier alpha value is -3.87. The lowest BCUT2D eigenvalue weighted by atomic mass is 10.1. The molecular formula is C27H26FN3O3. The molecule has 1 fully saturated rings. The quantitative estimate of drug-likeness (QED) is 0.565. The van der Waals surface area contributed by atoms with Crippen LogP contribution in [0, 0.1) is 5.82 Å². The second kappa shape index (κ2) is 9.17. The van der Waals surface area contributed by atoms with Gasteiger partial charge in [0.25, 0.3) is 0 Å². The molecule has 0 saturated carbocycles. The van der Waals surface area contributed by atoms with Crippen LogP contribution in [0.3, 0.4) is 0 Å². The van der Waals surface area contributed by atoms with Crippen molar-refractivity contribution in [3.8, 4) is 17.2 Å². The number of ether oxygens (including phenoxy) is 2. The number of amides is 1. The van der Waals surface area contributed by atoms with Gasteiger partial charge in [0.05, 0.1) is 19.1 Å². The Balaban J connectivity index is 1.39. The van der Waals surface area contributed by atoms with Crippen molar-refractivity contribution < 1.29 is 18.7 Å². The normalized spacial score (nSPS) is 17.1. The van der Waals surface area contributed by atoms with Crippen LogP contribution in [-0.2, 0) is 11.2 Å². The van der Waals surface area contributed by atoms with Crippen LogP contribution in [0.1, 0.15) is 18.1 Å². The topological polar surface area (TPSA) is 54.4 Å². The van der Waals surface area contributed by atoms with E-state index in [4.69, 9.17) is 14.5 Å². The molecule has 5 rings (SSSR count). The fraction of sp³-hybridized carbons (Fsp3) is 0.259. The largest absolute Gasteiger partial charge is 0.497 e. The number of nitrogens with zero attached hydrogens (tertiary/aromatic N) is 3. The molecule has 1 saturated heterocycles. The van der Waals surface area contributed by atoms with Gasteiger partial charge in [0, 0.05) is 31.7 Å². The summed E-state index contributed by atoms with van der Waals surface area (Å²) in [6.45, 7) is 3.91. The van der Waals surface area contributed by atoms with Crippen molar-refractivity contribution in [2.45, 2.75) is 19.4 Å². The molecule has 7 heteroatoms. The zero-order chi connectivity index (χ0) is 23.7. The monoisotopic (exact) mass is 459 g/mol. The molecule has 0 spiro atoms. The van der Waals surface area contributed by atoms with Gasteiger partial charge in [-0.25, -0.2) is 9.38 Å². The van der Waals surface area contributed by atoms with Gasteiger partial charge in [-0.15, -0.1) is 0 Å². The van der Waals surface area contributed by atoms with Gasteiger partial charge in [0.15, 0.2) is 5.75 Å². The number of carbonyl (C=O) groups is 1. The van der Waals surface area contributed by atoms with Crippen LogP contribution in [-0.4, -0.2) is 54.3 Å². The van der Waals surface area contributed by atoms with Crippen LogP contribution < -0.4 is 9.47 Å². The molecule has 0 radical (unpaired) electrons. The first-order valence-corrected chi connectivity index (χ1v) is 11.3. The molecule has 3 aromatic rings. The second-order valence-corrected chi connectivity index (χ2v) is 8.55. The van der Waals surface area contributed by atoms with Crippen molar-refractivity contribution in [3.05, 3.63) is 83.7 Å². The number of halogens is 1. The molecule has 0 aliphatic carbocycles. The average molecular weight is 460 g/mol. The van der Waals surface area contributed by atoms with E-state index in [2.05, 4.69) is 4.90 Å². The van der Waals surface area contributed by atoms with Crippen LogP contribution in [0.15, 0.2) is 71.7 Å². The van der Waals surface area contributed by atoms with Gasteiger partial charge < -0.3 is 19.3 Å². The number of piperazine rings is 1. The molecule has 2 aliphatic heterocycles. The van der Waals surface area contributed by atoms with Crippen molar-refractivity contribution in [1.82, 2.24) is 9.80 Å². The highest BCUT2D eigenvalue weighted by Gasteiger charge is 2.31. The molecule has 0 aromatic heterocycles.